The topological polar surface area (TPSA) is 31.5 Å². The van der Waals surface area contributed by atoms with Crippen LogP contribution in [0.4, 0.5) is 28.4 Å². The molecule has 0 heterocycles. The monoisotopic (exact) mass is 452 g/mol. The molecule has 5 rings (SSSR count). The Bertz CT molecular complexity index is 1440. The lowest BCUT2D eigenvalue weighted by atomic mass is 10.0. The van der Waals surface area contributed by atoms with E-state index in [4.69, 9.17) is 0 Å². The minimum Gasteiger partial charge on any atom is -0.345 e. The number of rotatable bonds is 6. The van der Waals surface area contributed by atoms with Gasteiger partial charge in [-0.05, 0) is 65.7 Å². The van der Waals surface area contributed by atoms with Crippen LogP contribution in [0.1, 0.15) is 5.56 Å². The first-order valence-electron chi connectivity index (χ1n) is 11.7. The fourth-order valence-corrected chi connectivity index (χ4v) is 4.35. The van der Waals surface area contributed by atoms with Crippen LogP contribution in [0.2, 0.25) is 0 Å². The Kier molecular flexibility index (Phi) is 6.39. The number of anilines is 2. The highest BCUT2D eigenvalue weighted by molar-refractivity contribution is 5.67. The standard InChI is InChI=1S/C32H25N3/c1-34(32-14-8-9-25(23-32)24-33)28-19-21-31(22-20-28)35(29-12-6-3-7-13-29)30-17-15-27(16-18-30)26-10-4-2-5-11-26/h2-23H,1H3/p+1. The van der Waals surface area contributed by atoms with Gasteiger partial charge in [-0.3, -0.25) is 0 Å². The summed E-state index contributed by atoms with van der Waals surface area (Å²) in [6.07, 6.45) is 0. The van der Waals surface area contributed by atoms with E-state index in [9.17, 15) is 5.26 Å². The second-order valence-corrected chi connectivity index (χ2v) is 8.45. The van der Waals surface area contributed by atoms with Crippen LogP contribution >= 0.6 is 0 Å². The maximum atomic E-state index is 9.24. The van der Waals surface area contributed by atoms with Crippen molar-refractivity contribution in [1.82, 2.24) is 0 Å². The zero-order valence-electron chi connectivity index (χ0n) is 19.6. The molecule has 3 heteroatoms. The van der Waals surface area contributed by atoms with Gasteiger partial charge >= 0.3 is 0 Å². The summed E-state index contributed by atoms with van der Waals surface area (Å²) in [5, 5.41) is 9.24. The third-order valence-corrected chi connectivity index (χ3v) is 6.25. The summed E-state index contributed by atoms with van der Waals surface area (Å²) in [6.45, 7) is 0. The number of para-hydroxylation sites is 1. The van der Waals surface area contributed by atoms with E-state index in [0.29, 0.717) is 5.56 Å². The molecule has 1 unspecified atom stereocenters. The smallest absolute Gasteiger partial charge is 0.141 e. The number of nitriles is 1. The SMILES string of the molecule is CN(c1ccc([NH+](c2ccccc2)c2ccc(-c3ccccc3)cc2)cc1)c1cccc(C#N)c1. The summed E-state index contributed by atoms with van der Waals surface area (Å²) in [5.74, 6) is 0. The van der Waals surface area contributed by atoms with E-state index < -0.39 is 0 Å². The molecule has 0 saturated carbocycles. The van der Waals surface area contributed by atoms with E-state index in [1.807, 2.05) is 43.4 Å². The van der Waals surface area contributed by atoms with E-state index in [1.54, 1.807) is 0 Å². The molecular weight excluding hydrogens is 426 g/mol. The van der Waals surface area contributed by atoms with Crippen molar-refractivity contribution in [2.45, 2.75) is 0 Å². The molecule has 1 atom stereocenters. The van der Waals surface area contributed by atoms with Crippen molar-refractivity contribution >= 4 is 28.4 Å². The van der Waals surface area contributed by atoms with Crippen LogP contribution in [0.15, 0.2) is 133 Å². The van der Waals surface area contributed by atoms with E-state index in [1.165, 1.54) is 27.4 Å². The molecule has 5 aromatic carbocycles. The number of quaternary nitrogens is 1. The molecule has 0 aliphatic rings. The molecule has 168 valence electrons. The minimum atomic E-state index is 0.657. The minimum absolute atomic E-state index is 0.657. The van der Waals surface area contributed by atoms with Crippen LogP contribution in [-0.2, 0) is 0 Å². The first-order chi connectivity index (χ1) is 17.2. The van der Waals surface area contributed by atoms with Gasteiger partial charge in [0.2, 0.25) is 0 Å². The van der Waals surface area contributed by atoms with Crippen LogP contribution in [0.3, 0.4) is 0 Å². The van der Waals surface area contributed by atoms with Crippen LogP contribution in [-0.4, -0.2) is 7.05 Å². The molecule has 0 aliphatic heterocycles. The lowest BCUT2D eigenvalue weighted by Crippen LogP contribution is -2.96. The van der Waals surface area contributed by atoms with Gasteiger partial charge in [-0.15, -0.1) is 0 Å². The Balaban J connectivity index is 1.48. The van der Waals surface area contributed by atoms with Gasteiger partial charge in [0.15, 0.2) is 0 Å². The van der Waals surface area contributed by atoms with Crippen molar-refractivity contribution in [3.05, 3.63) is 139 Å². The second-order valence-electron chi connectivity index (χ2n) is 8.45. The molecule has 0 amide bonds. The first-order valence-corrected chi connectivity index (χ1v) is 11.7. The molecular formula is C32H26N3+. The second kappa shape index (κ2) is 10.1. The third-order valence-electron chi connectivity index (χ3n) is 6.25. The molecule has 1 N–H and O–H groups in total. The fourth-order valence-electron chi connectivity index (χ4n) is 4.35. The van der Waals surface area contributed by atoms with Crippen LogP contribution in [0, 0.1) is 11.3 Å². The van der Waals surface area contributed by atoms with Crippen LogP contribution in [0.25, 0.3) is 11.1 Å². The summed E-state index contributed by atoms with van der Waals surface area (Å²) in [4.78, 5) is 3.30. The van der Waals surface area contributed by atoms with Crippen molar-refractivity contribution in [3.8, 4) is 17.2 Å². The zero-order valence-corrected chi connectivity index (χ0v) is 19.6. The number of hydrogen-bond acceptors (Lipinski definition) is 2. The van der Waals surface area contributed by atoms with Crippen LogP contribution < -0.4 is 9.80 Å². The van der Waals surface area contributed by atoms with E-state index in [0.717, 1.165) is 17.1 Å². The Morgan fingerprint density at radius 1 is 0.543 bits per heavy atom. The van der Waals surface area contributed by atoms with Crippen molar-refractivity contribution in [2.24, 2.45) is 0 Å². The Labute approximate surface area is 206 Å². The molecule has 3 nitrogen and oxygen atoms in total. The highest BCUT2D eigenvalue weighted by Crippen LogP contribution is 2.27. The average Bonchev–Trinajstić information content (AvgIpc) is 2.95. The maximum Gasteiger partial charge on any atom is 0.141 e. The molecule has 0 saturated heterocycles. The summed E-state index contributed by atoms with van der Waals surface area (Å²) < 4.78 is 0. The highest BCUT2D eigenvalue weighted by atomic mass is 15.1. The molecule has 5 aromatic rings. The van der Waals surface area contributed by atoms with Crippen molar-refractivity contribution < 1.29 is 4.90 Å². The predicted octanol–water partition coefficient (Wildman–Crippen LogP) is 7.17. The lowest BCUT2D eigenvalue weighted by Gasteiger charge is -2.22. The predicted molar refractivity (Wildman–Crippen MR) is 144 cm³/mol. The van der Waals surface area contributed by atoms with Gasteiger partial charge in [-0.1, -0.05) is 54.6 Å². The quantitative estimate of drug-likeness (QED) is 0.296. The van der Waals surface area contributed by atoms with Crippen molar-refractivity contribution in [2.75, 3.05) is 11.9 Å². The molecule has 0 fully saturated rings. The van der Waals surface area contributed by atoms with E-state index >= 15 is 0 Å². The number of hydrogen-bond donors (Lipinski definition) is 1. The highest BCUT2D eigenvalue weighted by Gasteiger charge is 2.19. The number of nitrogens with one attached hydrogen (secondary N) is 1. The molecule has 35 heavy (non-hydrogen) atoms. The molecule has 0 radical (unpaired) electrons. The maximum absolute atomic E-state index is 9.24. The first kappa shape index (κ1) is 22.2. The molecule has 0 aromatic heterocycles. The number of benzene rings is 5. The summed E-state index contributed by atoms with van der Waals surface area (Å²) >= 11 is 0. The fraction of sp³-hybridized carbons (Fsp3) is 0.0312. The van der Waals surface area contributed by atoms with Crippen molar-refractivity contribution in [3.63, 3.8) is 0 Å². The van der Waals surface area contributed by atoms with Crippen LogP contribution in [0.5, 0.6) is 0 Å². The van der Waals surface area contributed by atoms with Gasteiger partial charge in [0.05, 0.1) is 11.6 Å². The Morgan fingerprint density at radius 3 is 1.71 bits per heavy atom. The summed E-state index contributed by atoms with van der Waals surface area (Å²) in [6, 6.07) is 48.3. The van der Waals surface area contributed by atoms with E-state index in [-0.39, 0.29) is 0 Å². The van der Waals surface area contributed by atoms with Gasteiger partial charge in [-0.2, -0.15) is 5.26 Å². The van der Waals surface area contributed by atoms with Gasteiger partial charge in [0, 0.05) is 42.7 Å². The summed E-state index contributed by atoms with van der Waals surface area (Å²) in [5.41, 5.74) is 8.65. The van der Waals surface area contributed by atoms with Gasteiger partial charge in [0.25, 0.3) is 0 Å². The summed E-state index contributed by atoms with van der Waals surface area (Å²) in [7, 11) is 2.02. The van der Waals surface area contributed by atoms with Gasteiger partial charge in [0.1, 0.15) is 17.1 Å². The Morgan fingerprint density at radius 2 is 1.09 bits per heavy atom. The Hall–Kier alpha value is -4.65. The largest absolute Gasteiger partial charge is 0.345 e. The normalized spacial score (nSPS) is 11.4. The number of nitrogens with zero attached hydrogens (tertiary/aromatic N) is 2. The molecule has 0 aliphatic carbocycles. The molecule has 0 bridgehead atoms. The zero-order chi connectivity index (χ0) is 24.0. The third kappa shape index (κ3) is 4.84. The van der Waals surface area contributed by atoms with Gasteiger partial charge in [-0.25, -0.2) is 4.90 Å². The van der Waals surface area contributed by atoms with Gasteiger partial charge < -0.3 is 4.90 Å². The molecule has 0 spiro atoms. The van der Waals surface area contributed by atoms with E-state index in [2.05, 4.69) is 108 Å². The average molecular weight is 453 g/mol. The lowest BCUT2D eigenvalue weighted by molar-refractivity contribution is -0.681. The van der Waals surface area contributed by atoms with Crippen molar-refractivity contribution in [1.29, 1.82) is 5.26 Å².